The number of carbonyl (C=O) groups excluding carboxylic acids is 1. The number of amides is 1. The first-order valence-corrected chi connectivity index (χ1v) is 7.57. The molecule has 0 aliphatic rings. The van der Waals surface area contributed by atoms with Crippen molar-refractivity contribution in [3.8, 4) is 5.75 Å². The van der Waals surface area contributed by atoms with Gasteiger partial charge in [-0.1, -0.05) is 18.5 Å². The van der Waals surface area contributed by atoms with Crippen molar-refractivity contribution in [2.24, 2.45) is 0 Å². The first-order valence-electron chi connectivity index (χ1n) is 7.19. The number of nitrogens with one attached hydrogen (secondary N) is 2. The molecule has 2 rings (SSSR count). The number of benzene rings is 2. The molecule has 0 aromatic heterocycles. The highest BCUT2D eigenvalue weighted by molar-refractivity contribution is 6.30. The monoisotopic (exact) mass is 318 g/mol. The molecular formula is C17H19ClN2O2. The predicted octanol–water partition coefficient (Wildman–Crippen LogP) is 4.18. The zero-order valence-corrected chi connectivity index (χ0v) is 13.2. The van der Waals surface area contributed by atoms with Crippen molar-refractivity contribution < 1.29 is 9.53 Å². The Hall–Kier alpha value is -2.20. The van der Waals surface area contributed by atoms with Gasteiger partial charge >= 0.3 is 0 Å². The van der Waals surface area contributed by atoms with Crippen LogP contribution in [0.5, 0.6) is 5.75 Å². The highest BCUT2D eigenvalue weighted by atomic mass is 35.5. The average Bonchev–Trinajstić information content (AvgIpc) is 2.54. The summed E-state index contributed by atoms with van der Waals surface area (Å²) in [6.07, 6.45) is 1.07. The van der Waals surface area contributed by atoms with Crippen LogP contribution < -0.4 is 15.4 Å². The van der Waals surface area contributed by atoms with E-state index in [4.69, 9.17) is 16.3 Å². The van der Waals surface area contributed by atoms with Crippen LogP contribution in [0.3, 0.4) is 0 Å². The topological polar surface area (TPSA) is 50.4 Å². The zero-order valence-electron chi connectivity index (χ0n) is 12.4. The van der Waals surface area contributed by atoms with E-state index in [1.165, 1.54) is 0 Å². The molecule has 0 saturated heterocycles. The fraction of sp³-hybridized carbons (Fsp3) is 0.235. The van der Waals surface area contributed by atoms with Crippen molar-refractivity contribution in [2.75, 3.05) is 23.8 Å². The molecule has 2 aromatic carbocycles. The van der Waals surface area contributed by atoms with Crippen LogP contribution in [0, 0.1) is 0 Å². The Morgan fingerprint density at radius 3 is 2.32 bits per heavy atom. The summed E-state index contributed by atoms with van der Waals surface area (Å²) in [6, 6.07) is 14.5. The van der Waals surface area contributed by atoms with Gasteiger partial charge in [0.1, 0.15) is 5.75 Å². The fourth-order valence-electron chi connectivity index (χ4n) is 1.82. The third kappa shape index (κ3) is 5.30. The van der Waals surface area contributed by atoms with Crippen LogP contribution in [0.4, 0.5) is 11.4 Å². The predicted molar refractivity (Wildman–Crippen MR) is 90.8 cm³/mol. The van der Waals surface area contributed by atoms with Gasteiger partial charge in [0.05, 0.1) is 0 Å². The van der Waals surface area contributed by atoms with Gasteiger partial charge in [-0.3, -0.25) is 4.79 Å². The number of halogens is 1. The molecule has 4 nitrogen and oxygen atoms in total. The third-order valence-corrected chi connectivity index (χ3v) is 3.18. The van der Waals surface area contributed by atoms with Crippen molar-refractivity contribution in [3.63, 3.8) is 0 Å². The Kier molecular flexibility index (Phi) is 6.10. The van der Waals surface area contributed by atoms with Crippen LogP contribution in [0.1, 0.15) is 13.3 Å². The minimum Gasteiger partial charge on any atom is -0.484 e. The second-order valence-electron chi connectivity index (χ2n) is 4.79. The molecule has 0 saturated carbocycles. The highest BCUT2D eigenvalue weighted by Crippen LogP contribution is 2.16. The minimum absolute atomic E-state index is 0.0442. The van der Waals surface area contributed by atoms with Gasteiger partial charge in [-0.05, 0) is 55.0 Å². The number of hydrogen-bond acceptors (Lipinski definition) is 3. The SMILES string of the molecule is CCCNc1ccc(NC(=O)COc2ccc(Cl)cc2)cc1. The van der Waals surface area contributed by atoms with Gasteiger partial charge < -0.3 is 15.4 Å². The number of rotatable bonds is 7. The molecular weight excluding hydrogens is 300 g/mol. The van der Waals surface area contributed by atoms with Crippen LogP contribution in [-0.2, 0) is 4.79 Å². The minimum atomic E-state index is -0.204. The molecule has 22 heavy (non-hydrogen) atoms. The molecule has 0 heterocycles. The van der Waals surface area contributed by atoms with Gasteiger partial charge in [-0.15, -0.1) is 0 Å². The maximum absolute atomic E-state index is 11.8. The zero-order chi connectivity index (χ0) is 15.8. The number of hydrogen-bond donors (Lipinski definition) is 2. The molecule has 2 N–H and O–H groups in total. The Morgan fingerprint density at radius 1 is 1.05 bits per heavy atom. The first kappa shape index (κ1) is 16.2. The molecule has 2 aromatic rings. The van der Waals surface area contributed by atoms with Crippen molar-refractivity contribution in [3.05, 3.63) is 53.6 Å². The summed E-state index contributed by atoms with van der Waals surface area (Å²) in [4.78, 5) is 11.8. The Balaban J connectivity index is 1.80. The van der Waals surface area contributed by atoms with Gasteiger partial charge in [-0.2, -0.15) is 0 Å². The number of anilines is 2. The van der Waals surface area contributed by atoms with Crippen molar-refractivity contribution in [1.82, 2.24) is 0 Å². The summed E-state index contributed by atoms with van der Waals surface area (Å²) in [5, 5.41) is 6.70. The van der Waals surface area contributed by atoms with E-state index in [0.717, 1.165) is 24.3 Å². The molecule has 5 heteroatoms. The van der Waals surface area contributed by atoms with E-state index in [1.54, 1.807) is 24.3 Å². The van der Waals surface area contributed by atoms with E-state index in [1.807, 2.05) is 24.3 Å². The normalized spacial score (nSPS) is 10.1. The molecule has 0 aliphatic heterocycles. The quantitative estimate of drug-likeness (QED) is 0.805. The molecule has 0 radical (unpaired) electrons. The summed E-state index contributed by atoms with van der Waals surface area (Å²) in [7, 11) is 0. The lowest BCUT2D eigenvalue weighted by molar-refractivity contribution is -0.118. The first-order chi connectivity index (χ1) is 10.7. The largest absolute Gasteiger partial charge is 0.484 e. The molecule has 116 valence electrons. The number of ether oxygens (including phenoxy) is 1. The average molecular weight is 319 g/mol. The lowest BCUT2D eigenvalue weighted by atomic mass is 10.2. The standard InChI is InChI=1S/C17H19ClN2O2/c1-2-11-19-14-5-7-15(8-6-14)20-17(21)12-22-16-9-3-13(18)4-10-16/h3-10,19H,2,11-12H2,1H3,(H,20,21). The van der Waals surface area contributed by atoms with E-state index in [2.05, 4.69) is 17.6 Å². The maximum atomic E-state index is 11.8. The van der Waals surface area contributed by atoms with E-state index in [9.17, 15) is 4.79 Å². The van der Waals surface area contributed by atoms with Crippen LogP contribution in [0.15, 0.2) is 48.5 Å². The molecule has 0 fully saturated rings. The Morgan fingerprint density at radius 2 is 1.68 bits per heavy atom. The van der Waals surface area contributed by atoms with Crippen molar-refractivity contribution in [2.45, 2.75) is 13.3 Å². The van der Waals surface area contributed by atoms with Gasteiger partial charge in [0, 0.05) is 22.9 Å². The van der Waals surface area contributed by atoms with E-state index in [-0.39, 0.29) is 12.5 Å². The summed E-state index contributed by atoms with van der Waals surface area (Å²) >= 11 is 5.79. The van der Waals surface area contributed by atoms with Crippen LogP contribution in [-0.4, -0.2) is 19.1 Å². The fourth-order valence-corrected chi connectivity index (χ4v) is 1.94. The summed E-state index contributed by atoms with van der Waals surface area (Å²) in [6.45, 7) is 3.00. The molecule has 0 atom stereocenters. The van der Waals surface area contributed by atoms with Gasteiger partial charge in [0.15, 0.2) is 6.61 Å². The smallest absolute Gasteiger partial charge is 0.262 e. The highest BCUT2D eigenvalue weighted by Gasteiger charge is 2.04. The van der Waals surface area contributed by atoms with Gasteiger partial charge in [-0.25, -0.2) is 0 Å². The van der Waals surface area contributed by atoms with Crippen molar-refractivity contribution in [1.29, 1.82) is 0 Å². The second kappa shape index (κ2) is 8.29. The van der Waals surface area contributed by atoms with Gasteiger partial charge in [0.2, 0.25) is 0 Å². The Labute approximate surface area is 135 Å². The molecule has 0 unspecified atom stereocenters. The number of carbonyl (C=O) groups is 1. The maximum Gasteiger partial charge on any atom is 0.262 e. The van der Waals surface area contributed by atoms with E-state index in [0.29, 0.717) is 10.8 Å². The van der Waals surface area contributed by atoms with E-state index >= 15 is 0 Å². The van der Waals surface area contributed by atoms with Crippen LogP contribution >= 0.6 is 11.6 Å². The van der Waals surface area contributed by atoms with Gasteiger partial charge in [0.25, 0.3) is 5.91 Å². The lowest BCUT2D eigenvalue weighted by Gasteiger charge is -2.09. The Bertz CT molecular complexity index is 597. The third-order valence-electron chi connectivity index (χ3n) is 2.93. The summed E-state index contributed by atoms with van der Waals surface area (Å²) in [5.41, 5.74) is 1.78. The molecule has 0 bridgehead atoms. The molecule has 0 aliphatic carbocycles. The second-order valence-corrected chi connectivity index (χ2v) is 5.23. The summed E-state index contributed by atoms with van der Waals surface area (Å²) in [5.74, 6) is 0.405. The van der Waals surface area contributed by atoms with E-state index < -0.39 is 0 Å². The molecule has 0 spiro atoms. The van der Waals surface area contributed by atoms with Crippen LogP contribution in [0.2, 0.25) is 5.02 Å². The summed E-state index contributed by atoms with van der Waals surface area (Å²) < 4.78 is 5.39. The lowest BCUT2D eigenvalue weighted by Crippen LogP contribution is -2.20. The van der Waals surface area contributed by atoms with Crippen molar-refractivity contribution >= 4 is 28.9 Å². The molecule has 1 amide bonds. The van der Waals surface area contributed by atoms with Crippen LogP contribution in [0.25, 0.3) is 0 Å².